The van der Waals surface area contributed by atoms with Gasteiger partial charge in [-0.15, -0.1) is 12.4 Å². The second-order valence-electron chi connectivity index (χ2n) is 2.20. The maximum Gasteiger partial charge on any atom is 0.0653 e. The van der Waals surface area contributed by atoms with Gasteiger partial charge in [-0.2, -0.15) is 0 Å². The molecule has 0 aliphatic heterocycles. The normalized spacial score (nSPS) is 8.56. The molecule has 0 saturated carbocycles. The number of hydrogen-bond donors (Lipinski definition) is 0. The van der Waals surface area contributed by atoms with Gasteiger partial charge in [-0.3, -0.25) is 0 Å². The van der Waals surface area contributed by atoms with E-state index in [0.29, 0.717) is 0 Å². The van der Waals surface area contributed by atoms with Gasteiger partial charge in [-0.1, -0.05) is 45.3 Å². The van der Waals surface area contributed by atoms with E-state index in [0.717, 1.165) is 6.32 Å². The highest BCUT2D eigenvalue weighted by atomic mass is 35.5. The van der Waals surface area contributed by atoms with Crippen LogP contribution in [0.4, 0.5) is 0 Å². The molecule has 54 valence electrons. The monoisotopic (exact) mass is 146 g/mol. The lowest BCUT2D eigenvalue weighted by Crippen LogP contribution is -1.75. The van der Waals surface area contributed by atoms with E-state index in [-0.39, 0.29) is 12.4 Å². The Morgan fingerprint density at radius 2 is 1.56 bits per heavy atom. The molecule has 0 aromatic heterocycles. The van der Waals surface area contributed by atoms with E-state index in [9.17, 15) is 0 Å². The summed E-state index contributed by atoms with van der Waals surface area (Å²) in [4.78, 5) is 0. The van der Waals surface area contributed by atoms with Crippen molar-refractivity contribution in [1.82, 2.24) is 0 Å². The van der Waals surface area contributed by atoms with Crippen LogP contribution in [-0.2, 0) is 0 Å². The number of rotatable bonds is 5. The molecule has 0 nitrogen and oxygen atoms in total. The highest BCUT2D eigenvalue weighted by Crippen LogP contribution is 2.02. The van der Waals surface area contributed by atoms with Gasteiger partial charge in [0.1, 0.15) is 0 Å². The summed E-state index contributed by atoms with van der Waals surface area (Å²) in [6.07, 6.45) is 7.46. The quantitative estimate of drug-likeness (QED) is 0.413. The molecule has 9 heavy (non-hydrogen) atoms. The third-order valence-electron chi connectivity index (χ3n) is 1.31. The summed E-state index contributed by atoms with van der Waals surface area (Å²) in [6, 6.07) is 0. The van der Waals surface area contributed by atoms with Crippen LogP contribution < -0.4 is 0 Å². The topological polar surface area (TPSA) is 0 Å². The lowest BCUT2D eigenvalue weighted by Gasteiger charge is -1.93. The van der Waals surface area contributed by atoms with Crippen molar-refractivity contribution < 1.29 is 0 Å². The minimum absolute atomic E-state index is 0. The van der Waals surface area contributed by atoms with Gasteiger partial charge in [0.25, 0.3) is 0 Å². The fourth-order valence-corrected chi connectivity index (χ4v) is 0.748. The minimum atomic E-state index is 0. The fraction of sp³-hybridized carbons (Fsp3) is 1.00. The minimum Gasteiger partial charge on any atom is -0.147 e. The molecule has 0 amide bonds. The summed E-state index contributed by atoms with van der Waals surface area (Å²) in [5.41, 5.74) is 0. The van der Waals surface area contributed by atoms with E-state index in [4.69, 9.17) is 7.85 Å². The lowest BCUT2D eigenvalue weighted by atomic mass is 9.99. The number of unbranched alkanes of at least 4 members (excludes halogenated alkanes) is 4. The Bertz CT molecular complexity index is 33.9. The van der Waals surface area contributed by atoms with Crippen molar-refractivity contribution >= 4 is 20.3 Å². The van der Waals surface area contributed by atoms with Gasteiger partial charge < -0.3 is 0 Å². The molecule has 0 spiro atoms. The predicted molar refractivity (Wildman–Crippen MR) is 46.6 cm³/mol. The second kappa shape index (κ2) is 11.2. The van der Waals surface area contributed by atoms with E-state index in [1.54, 1.807) is 0 Å². The molecule has 0 aliphatic rings. The van der Waals surface area contributed by atoms with Crippen molar-refractivity contribution in [3.05, 3.63) is 0 Å². The summed E-state index contributed by atoms with van der Waals surface area (Å²) in [6.45, 7) is 2.22. The van der Waals surface area contributed by atoms with Crippen LogP contribution in [0.3, 0.4) is 0 Å². The smallest absolute Gasteiger partial charge is 0.0653 e. The van der Waals surface area contributed by atoms with Gasteiger partial charge in [0.15, 0.2) is 0 Å². The molecular formula is C7H16BCl. The standard InChI is InChI=1S/C7H15B.ClH/c1-2-3-4-5-6-7-8;/h2-7H2,1H3;1H. The first-order valence-corrected chi connectivity index (χ1v) is 3.62. The third-order valence-corrected chi connectivity index (χ3v) is 1.31. The first-order valence-electron chi connectivity index (χ1n) is 3.62. The van der Waals surface area contributed by atoms with E-state index < -0.39 is 0 Å². The van der Waals surface area contributed by atoms with Crippen LogP contribution in [0.25, 0.3) is 0 Å². The van der Waals surface area contributed by atoms with E-state index in [1.807, 2.05) is 0 Å². The average Bonchev–Trinajstić information content (AvgIpc) is 1.81. The maximum absolute atomic E-state index is 5.31. The molecule has 2 heteroatoms. The first kappa shape index (κ1) is 12.1. The molecule has 0 heterocycles. The molecule has 0 aromatic carbocycles. The zero-order valence-electron chi connectivity index (χ0n) is 6.23. The van der Waals surface area contributed by atoms with Crippen LogP contribution in [-0.4, -0.2) is 7.85 Å². The summed E-state index contributed by atoms with van der Waals surface area (Å²) in [7, 11) is 5.31. The summed E-state index contributed by atoms with van der Waals surface area (Å²) in [5, 5.41) is 0. The van der Waals surface area contributed by atoms with Crippen molar-refractivity contribution in [2.75, 3.05) is 0 Å². The van der Waals surface area contributed by atoms with Crippen molar-refractivity contribution in [2.24, 2.45) is 0 Å². The lowest BCUT2D eigenvalue weighted by molar-refractivity contribution is 0.656. The van der Waals surface area contributed by atoms with Gasteiger partial charge >= 0.3 is 0 Å². The Balaban J connectivity index is 0. The van der Waals surface area contributed by atoms with Crippen LogP contribution >= 0.6 is 12.4 Å². The zero-order valence-corrected chi connectivity index (χ0v) is 7.04. The maximum atomic E-state index is 5.31. The molecule has 0 saturated heterocycles. The highest BCUT2D eigenvalue weighted by Gasteiger charge is 1.83. The largest absolute Gasteiger partial charge is 0.147 e. The van der Waals surface area contributed by atoms with Gasteiger partial charge in [0, 0.05) is 0 Å². The van der Waals surface area contributed by atoms with E-state index in [2.05, 4.69) is 6.92 Å². The fourth-order valence-electron chi connectivity index (χ4n) is 0.748. The molecule has 0 unspecified atom stereocenters. The molecule has 0 fully saturated rings. The van der Waals surface area contributed by atoms with Crippen molar-refractivity contribution in [2.45, 2.75) is 45.3 Å². The summed E-state index contributed by atoms with van der Waals surface area (Å²) >= 11 is 0. The van der Waals surface area contributed by atoms with Gasteiger partial charge in [0.05, 0.1) is 7.85 Å². The van der Waals surface area contributed by atoms with E-state index in [1.165, 1.54) is 32.1 Å². The van der Waals surface area contributed by atoms with Gasteiger partial charge in [-0.25, -0.2) is 0 Å². The Labute approximate surface area is 66.2 Å². The first-order chi connectivity index (χ1) is 3.91. The van der Waals surface area contributed by atoms with Crippen LogP contribution in [0.15, 0.2) is 0 Å². The molecule has 0 rings (SSSR count). The molecule has 2 radical (unpaired) electrons. The molecule has 0 aliphatic carbocycles. The average molecular weight is 146 g/mol. The Hall–Kier alpha value is 0.355. The SMILES string of the molecule is Cl.[B]CCCCCCC. The predicted octanol–water partition coefficient (Wildman–Crippen LogP) is 2.97. The van der Waals surface area contributed by atoms with Gasteiger partial charge in [0.2, 0.25) is 0 Å². The Kier molecular flexibility index (Phi) is 15.0. The molecule has 0 aromatic rings. The molecular weight excluding hydrogens is 130 g/mol. The second-order valence-corrected chi connectivity index (χ2v) is 2.20. The molecule has 0 atom stereocenters. The number of hydrogen-bond acceptors (Lipinski definition) is 0. The third kappa shape index (κ3) is 11.8. The van der Waals surface area contributed by atoms with Crippen LogP contribution in [0.5, 0.6) is 0 Å². The van der Waals surface area contributed by atoms with Crippen molar-refractivity contribution in [1.29, 1.82) is 0 Å². The Morgan fingerprint density at radius 3 is 2.00 bits per heavy atom. The van der Waals surface area contributed by atoms with Crippen LogP contribution in [0, 0.1) is 0 Å². The molecule has 0 N–H and O–H groups in total. The zero-order chi connectivity index (χ0) is 6.24. The Morgan fingerprint density at radius 1 is 1.00 bits per heavy atom. The number of halogens is 1. The highest BCUT2D eigenvalue weighted by molar-refractivity contribution is 6.08. The van der Waals surface area contributed by atoms with Crippen LogP contribution in [0.1, 0.15) is 39.0 Å². The van der Waals surface area contributed by atoms with Crippen molar-refractivity contribution in [3.63, 3.8) is 0 Å². The van der Waals surface area contributed by atoms with Crippen LogP contribution in [0.2, 0.25) is 6.32 Å². The molecule has 0 bridgehead atoms. The summed E-state index contributed by atoms with van der Waals surface area (Å²) in [5.74, 6) is 0. The van der Waals surface area contributed by atoms with E-state index >= 15 is 0 Å². The summed E-state index contributed by atoms with van der Waals surface area (Å²) < 4.78 is 0. The van der Waals surface area contributed by atoms with Gasteiger partial charge in [-0.05, 0) is 0 Å². The van der Waals surface area contributed by atoms with Crippen molar-refractivity contribution in [3.8, 4) is 0 Å².